The van der Waals surface area contributed by atoms with Gasteiger partial charge in [-0.15, -0.1) is 0 Å². The van der Waals surface area contributed by atoms with Crippen molar-refractivity contribution in [2.24, 2.45) is 17.8 Å². The molecule has 3 unspecified atom stereocenters. The lowest BCUT2D eigenvalue weighted by Gasteiger charge is -2.18. The highest BCUT2D eigenvalue weighted by atomic mass is 16.1. The summed E-state index contributed by atoms with van der Waals surface area (Å²) in [5.41, 5.74) is 0. The van der Waals surface area contributed by atoms with E-state index in [4.69, 9.17) is 0 Å². The van der Waals surface area contributed by atoms with Crippen LogP contribution in [-0.2, 0) is 4.79 Å². The summed E-state index contributed by atoms with van der Waals surface area (Å²) in [7, 11) is 0. The molecule has 2 saturated carbocycles. The van der Waals surface area contributed by atoms with E-state index in [1.807, 2.05) is 0 Å². The average Bonchev–Trinajstić information content (AvgIpc) is 2.64. The highest BCUT2D eigenvalue weighted by molar-refractivity contribution is 5.81. The van der Waals surface area contributed by atoms with Gasteiger partial charge in [0.25, 0.3) is 0 Å². The molecule has 0 aromatic heterocycles. The number of ketones is 1. The predicted octanol–water partition coefficient (Wildman–Crippen LogP) is 4.74. The average molecular weight is 236 g/mol. The monoisotopic (exact) mass is 236 g/mol. The Bertz CT molecular complexity index is 246. The van der Waals surface area contributed by atoms with Gasteiger partial charge < -0.3 is 0 Å². The summed E-state index contributed by atoms with van der Waals surface area (Å²) < 4.78 is 0. The van der Waals surface area contributed by atoms with Crippen molar-refractivity contribution in [3.63, 3.8) is 0 Å². The van der Waals surface area contributed by atoms with Crippen LogP contribution in [-0.4, -0.2) is 5.78 Å². The first-order valence-corrected chi connectivity index (χ1v) is 7.81. The standard InChI is InChI=1S/C16H28O/c1-2-13-7-4-3-5-9-14-11-16(17)12-15(14)10-6-8-13/h13-15H,2-12H2,1H3. The van der Waals surface area contributed by atoms with Crippen LogP contribution >= 0.6 is 0 Å². The molecule has 3 atom stereocenters. The molecule has 17 heavy (non-hydrogen) atoms. The van der Waals surface area contributed by atoms with Gasteiger partial charge in [0.2, 0.25) is 0 Å². The van der Waals surface area contributed by atoms with Gasteiger partial charge in [0.15, 0.2) is 0 Å². The van der Waals surface area contributed by atoms with Crippen molar-refractivity contribution in [2.45, 2.75) is 77.6 Å². The number of carbonyl (C=O) groups excluding carboxylic acids is 1. The smallest absolute Gasteiger partial charge is 0.133 e. The van der Waals surface area contributed by atoms with E-state index in [0.717, 1.165) is 30.6 Å². The minimum Gasteiger partial charge on any atom is -0.300 e. The Morgan fingerprint density at radius 1 is 0.882 bits per heavy atom. The zero-order valence-electron chi connectivity index (χ0n) is 11.4. The molecular formula is C16H28O. The summed E-state index contributed by atoms with van der Waals surface area (Å²) in [6.45, 7) is 2.34. The molecule has 0 aromatic rings. The number of carbonyl (C=O) groups is 1. The van der Waals surface area contributed by atoms with Crippen LogP contribution in [0, 0.1) is 17.8 Å². The van der Waals surface area contributed by atoms with E-state index in [1.165, 1.54) is 57.8 Å². The van der Waals surface area contributed by atoms with Gasteiger partial charge >= 0.3 is 0 Å². The maximum absolute atomic E-state index is 11.6. The number of Topliss-reactive ketones (excluding diaryl/α,β-unsaturated/α-hetero) is 1. The van der Waals surface area contributed by atoms with Crippen LogP contribution < -0.4 is 0 Å². The molecule has 0 bridgehead atoms. The fourth-order valence-corrected chi connectivity index (χ4v) is 3.91. The number of hydrogen-bond donors (Lipinski definition) is 0. The van der Waals surface area contributed by atoms with E-state index in [9.17, 15) is 4.79 Å². The van der Waals surface area contributed by atoms with Crippen LogP contribution in [0.5, 0.6) is 0 Å². The molecule has 0 aliphatic heterocycles. The molecule has 0 spiro atoms. The van der Waals surface area contributed by atoms with E-state index < -0.39 is 0 Å². The summed E-state index contributed by atoms with van der Waals surface area (Å²) in [6.07, 6.45) is 14.2. The van der Waals surface area contributed by atoms with Crippen molar-refractivity contribution in [2.75, 3.05) is 0 Å². The summed E-state index contributed by atoms with van der Waals surface area (Å²) in [5.74, 6) is 3.01. The molecule has 2 aliphatic rings. The lowest BCUT2D eigenvalue weighted by molar-refractivity contribution is -0.117. The van der Waals surface area contributed by atoms with Crippen molar-refractivity contribution in [3.05, 3.63) is 0 Å². The minimum atomic E-state index is 0.545. The summed E-state index contributed by atoms with van der Waals surface area (Å²) in [4.78, 5) is 11.6. The van der Waals surface area contributed by atoms with Crippen LogP contribution in [0.1, 0.15) is 77.6 Å². The maximum Gasteiger partial charge on any atom is 0.133 e. The van der Waals surface area contributed by atoms with Crippen LogP contribution in [0.15, 0.2) is 0 Å². The minimum absolute atomic E-state index is 0.545. The quantitative estimate of drug-likeness (QED) is 0.642. The highest BCUT2D eigenvalue weighted by Crippen LogP contribution is 2.38. The van der Waals surface area contributed by atoms with Crippen LogP contribution in [0.25, 0.3) is 0 Å². The Labute approximate surface area is 106 Å². The van der Waals surface area contributed by atoms with Crippen molar-refractivity contribution >= 4 is 5.78 Å². The van der Waals surface area contributed by atoms with Crippen LogP contribution in [0.4, 0.5) is 0 Å². The van der Waals surface area contributed by atoms with Gasteiger partial charge in [0, 0.05) is 12.8 Å². The van der Waals surface area contributed by atoms with Gasteiger partial charge in [-0.2, -0.15) is 0 Å². The van der Waals surface area contributed by atoms with Gasteiger partial charge in [-0.1, -0.05) is 51.9 Å². The first-order valence-electron chi connectivity index (χ1n) is 7.81. The Kier molecular flexibility index (Phi) is 5.06. The number of rotatable bonds is 1. The molecule has 0 amide bonds. The second kappa shape index (κ2) is 6.56. The third kappa shape index (κ3) is 3.82. The fraction of sp³-hybridized carbons (Fsp3) is 0.938. The second-order valence-corrected chi connectivity index (χ2v) is 6.31. The maximum atomic E-state index is 11.6. The van der Waals surface area contributed by atoms with E-state index in [-0.39, 0.29) is 0 Å². The fourth-order valence-electron chi connectivity index (χ4n) is 3.91. The summed E-state index contributed by atoms with van der Waals surface area (Å²) in [5, 5.41) is 0. The van der Waals surface area contributed by atoms with E-state index >= 15 is 0 Å². The molecule has 0 saturated heterocycles. The normalized spacial score (nSPS) is 36.3. The molecule has 2 aliphatic carbocycles. The second-order valence-electron chi connectivity index (χ2n) is 6.31. The molecular weight excluding hydrogens is 208 g/mol. The lowest BCUT2D eigenvalue weighted by atomic mass is 9.87. The van der Waals surface area contributed by atoms with Crippen molar-refractivity contribution in [3.8, 4) is 0 Å². The van der Waals surface area contributed by atoms with E-state index in [0.29, 0.717) is 5.78 Å². The molecule has 0 radical (unpaired) electrons. The molecule has 0 aromatic carbocycles. The largest absolute Gasteiger partial charge is 0.300 e. The van der Waals surface area contributed by atoms with Crippen molar-refractivity contribution < 1.29 is 4.79 Å². The van der Waals surface area contributed by atoms with E-state index in [2.05, 4.69) is 6.92 Å². The molecule has 1 nitrogen and oxygen atoms in total. The number of hydrogen-bond acceptors (Lipinski definition) is 1. The van der Waals surface area contributed by atoms with Crippen LogP contribution in [0.2, 0.25) is 0 Å². The Balaban J connectivity index is 1.88. The zero-order chi connectivity index (χ0) is 12.1. The van der Waals surface area contributed by atoms with E-state index in [1.54, 1.807) is 0 Å². The molecule has 1 heteroatoms. The molecule has 98 valence electrons. The SMILES string of the molecule is CCC1CCCCCC2CC(=O)CC2CCC1. The zero-order valence-corrected chi connectivity index (χ0v) is 11.4. The number of fused-ring (bicyclic) bond motifs is 1. The Hall–Kier alpha value is -0.330. The first-order chi connectivity index (χ1) is 8.29. The van der Waals surface area contributed by atoms with Crippen molar-refractivity contribution in [1.29, 1.82) is 0 Å². The van der Waals surface area contributed by atoms with Gasteiger partial charge in [0.1, 0.15) is 5.78 Å². The first kappa shape index (κ1) is 13.1. The molecule has 2 rings (SSSR count). The summed E-state index contributed by atoms with van der Waals surface area (Å²) >= 11 is 0. The van der Waals surface area contributed by atoms with Gasteiger partial charge in [-0.25, -0.2) is 0 Å². The third-order valence-electron chi connectivity index (χ3n) is 5.10. The summed E-state index contributed by atoms with van der Waals surface area (Å²) in [6, 6.07) is 0. The lowest BCUT2D eigenvalue weighted by Crippen LogP contribution is -2.08. The third-order valence-corrected chi connectivity index (χ3v) is 5.10. The molecule has 0 heterocycles. The van der Waals surface area contributed by atoms with Crippen molar-refractivity contribution in [1.82, 2.24) is 0 Å². The van der Waals surface area contributed by atoms with Gasteiger partial charge in [-0.05, 0) is 30.6 Å². The topological polar surface area (TPSA) is 17.1 Å². The molecule has 0 N–H and O–H groups in total. The van der Waals surface area contributed by atoms with Gasteiger partial charge in [-0.3, -0.25) is 4.79 Å². The predicted molar refractivity (Wildman–Crippen MR) is 71.9 cm³/mol. The highest BCUT2D eigenvalue weighted by Gasteiger charge is 2.32. The van der Waals surface area contributed by atoms with Crippen LogP contribution in [0.3, 0.4) is 0 Å². The van der Waals surface area contributed by atoms with Gasteiger partial charge in [0.05, 0.1) is 0 Å². The Morgan fingerprint density at radius 2 is 1.47 bits per heavy atom. The molecule has 2 fully saturated rings. The Morgan fingerprint density at radius 3 is 2.18 bits per heavy atom.